The van der Waals surface area contributed by atoms with Crippen molar-refractivity contribution in [3.8, 4) is 0 Å². The molecule has 88 heavy (non-hydrogen) atoms. The molecule has 3 N–H and O–H groups in total. The maximum Gasteiger partial charge on any atom is 0.305 e. The van der Waals surface area contributed by atoms with E-state index in [1.807, 2.05) is 0 Å². The zero-order chi connectivity index (χ0) is 63.5. The first-order valence-electron chi connectivity index (χ1n) is 40.2. The van der Waals surface area contributed by atoms with Gasteiger partial charge >= 0.3 is 5.97 Å². The number of hydrogen-bond acceptors (Lipinski definition) is 5. The van der Waals surface area contributed by atoms with E-state index in [9.17, 15) is 19.8 Å². The van der Waals surface area contributed by atoms with Gasteiger partial charge in [-0.2, -0.15) is 0 Å². The van der Waals surface area contributed by atoms with E-state index < -0.39 is 12.1 Å². The van der Waals surface area contributed by atoms with Crippen LogP contribution in [0.25, 0.3) is 0 Å². The molecule has 0 aromatic heterocycles. The van der Waals surface area contributed by atoms with Gasteiger partial charge in [0.25, 0.3) is 0 Å². The number of rotatable bonds is 76. The fraction of sp³-hybridized carbons (Fsp3) is 0.902. The number of aliphatic hydroxyl groups is 2. The summed E-state index contributed by atoms with van der Waals surface area (Å²) in [6.45, 7) is 4.99. The minimum Gasteiger partial charge on any atom is -0.466 e. The predicted molar refractivity (Wildman–Crippen MR) is 389 cm³/mol. The minimum absolute atomic E-state index is 0.0102. The molecular formula is C82H157NO5. The monoisotopic (exact) mass is 1240 g/mol. The van der Waals surface area contributed by atoms with Crippen molar-refractivity contribution in [2.45, 2.75) is 463 Å². The number of allylic oxidation sites excluding steroid dienone is 6. The topological polar surface area (TPSA) is 95.9 Å². The van der Waals surface area contributed by atoms with E-state index in [-0.39, 0.29) is 18.5 Å². The normalized spacial score (nSPS) is 12.6. The number of ether oxygens (including phenoxy) is 1. The van der Waals surface area contributed by atoms with Gasteiger partial charge in [0, 0.05) is 12.8 Å². The van der Waals surface area contributed by atoms with Crippen LogP contribution in [0.5, 0.6) is 0 Å². The SMILES string of the molecule is CCCCCCCCC/C=C\CCCCCCCC(=O)OCCCCCCCCCCCCC/C=C\C/C=C\CCCCCCCCCCCCCCCCCCCC(=O)NC(CO)C(O)CCCCCCCCCCCCCCCCCCCCCC. The summed E-state index contributed by atoms with van der Waals surface area (Å²) in [5.74, 6) is -0.0177. The fourth-order valence-corrected chi connectivity index (χ4v) is 12.8. The summed E-state index contributed by atoms with van der Waals surface area (Å²) in [6.07, 6.45) is 101. The summed E-state index contributed by atoms with van der Waals surface area (Å²) in [4.78, 5) is 24.7. The number of esters is 1. The minimum atomic E-state index is -0.664. The molecule has 0 spiro atoms. The van der Waals surface area contributed by atoms with Gasteiger partial charge in [0.15, 0.2) is 0 Å². The third kappa shape index (κ3) is 73.1. The molecular weight excluding hydrogens is 1080 g/mol. The van der Waals surface area contributed by atoms with Gasteiger partial charge in [-0.25, -0.2) is 0 Å². The van der Waals surface area contributed by atoms with Crippen LogP contribution in [0.1, 0.15) is 450 Å². The number of carbonyl (C=O) groups is 2. The number of unbranched alkanes of at least 4 members (excludes halogenated alkanes) is 59. The molecule has 1 amide bonds. The third-order valence-corrected chi connectivity index (χ3v) is 18.9. The van der Waals surface area contributed by atoms with E-state index in [0.29, 0.717) is 25.9 Å². The molecule has 0 heterocycles. The van der Waals surface area contributed by atoms with E-state index >= 15 is 0 Å². The molecule has 0 aliphatic heterocycles. The Balaban J connectivity index is 3.37. The zero-order valence-corrected chi connectivity index (χ0v) is 59.7. The number of nitrogens with one attached hydrogen (secondary N) is 1. The molecule has 0 radical (unpaired) electrons. The van der Waals surface area contributed by atoms with Crippen molar-refractivity contribution in [1.29, 1.82) is 0 Å². The second-order valence-corrected chi connectivity index (χ2v) is 27.7. The molecule has 6 heteroatoms. The summed E-state index contributed by atoms with van der Waals surface area (Å²) in [5.41, 5.74) is 0. The first kappa shape index (κ1) is 86.1. The molecule has 0 aromatic rings. The van der Waals surface area contributed by atoms with Crippen LogP contribution in [-0.2, 0) is 14.3 Å². The van der Waals surface area contributed by atoms with Gasteiger partial charge < -0.3 is 20.3 Å². The van der Waals surface area contributed by atoms with Gasteiger partial charge in [-0.3, -0.25) is 9.59 Å². The summed E-state index contributed by atoms with van der Waals surface area (Å²) in [7, 11) is 0. The average Bonchev–Trinajstić information content (AvgIpc) is 3.58. The van der Waals surface area contributed by atoms with Crippen LogP contribution in [0, 0.1) is 0 Å². The van der Waals surface area contributed by atoms with Crippen LogP contribution in [-0.4, -0.2) is 47.4 Å². The maximum absolute atomic E-state index is 12.6. The van der Waals surface area contributed by atoms with Crippen LogP contribution in [0.3, 0.4) is 0 Å². The van der Waals surface area contributed by atoms with Crippen molar-refractivity contribution < 1.29 is 24.5 Å². The second-order valence-electron chi connectivity index (χ2n) is 27.7. The zero-order valence-electron chi connectivity index (χ0n) is 59.7. The van der Waals surface area contributed by atoms with Gasteiger partial charge in [-0.05, 0) is 83.5 Å². The van der Waals surface area contributed by atoms with Gasteiger partial charge in [0.05, 0.1) is 25.4 Å². The Morgan fingerprint density at radius 3 is 0.875 bits per heavy atom. The molecule has 0 aromatic carbocycles. The largest absolute Gasteiger partial charge is 0.466 e. The van der Waals surface area contributed by atoms with Crippen LogP contribution >= 0.6 is 0 Å². The standard InChI is InChI=1S/C82H157NO5/c1-3-5-7-9-11-13-15-17-19-21-22-40-43-46-50-54-58-62-66-70-74-80(85)79(78-84)83-81(86)75-71-67-63-59-55-51-47-44-41-38-36-34-32-30-28-26-24-23-25-27-29-31-33-35-37-39-42-45-49-53-57-61-65-69-73-77-88-82(87)76-72-68-64-60-56-52-48-20-18-16-14-12-10-8-6-4-2/h20,25,27,31,33,48,79-80,84-85H,3-19,21-24,26,28-30,32,34-47,49-78H2,1-2H3,(H,83,86)/b27-25-,33-31-,48-20-. The first-order valence-corrected chi connectivity index (χ1v) is 40.2. The molecule has 6 nitrogen and oxygen atoms in total. The summed E-state index contributed by atoms with van der Waals surface area (Å²) < 4.78 is 5.50. The van der Waals surface area contributed by atoms with Crippen LogP contribution < -0.4 is 5.32 Å². The molecule has 0 saturated carbocycles. The second kappa shape index (κ2) is 77.5. The predicted octanol–water partition coefficient (Wildman–Crippen LogP) is 26.6. The lowest BCUT2D eigenvalue weighted by Gasteiger charge is -2.22. The molecule has 2 unspecified atom stereocenters. The van der Waals surface area contributed by atoms with Gasteiger partial charge in [-0.15, -0.1) is 0 Å². The van der Waals surface area contributed by atoms with Crippen LogP contribution in [0.2, 0.25) is 0 Å². The van der Waals surface area contributed by atoms with Crippen LogP contribution in [0.4, 0.5) is 0 Å². The highest BCUT2D eigenvalue weighted by molar-refractivity contribution is 5.76. The lowest BCUT2D eigenvalue weighted by atomic mass is 10.0. The Morgan fingerprint density at radius 2 is 0.568 bits per heavy atom. The maximum atomic E-state index is 12.6. The number of carbonyl (C=O) groups excluding carboxylic acids is 2. The highest BCUT2D eigenvalue weighted by Gasteiger charge is 2.20. The first-order chi connectivity index (χ1) is 43.5. The lowest BCUT2D eigenvalue weighted by molar-refractivity contribution is -0.143. The summed E-state index contributed by atoms with van der Waals surface area (Å²) in [6, 6.07) is -0.541. The number of amides is 1. The smallest absolute Gasteiger partial charge is 0.305 e. The quantitative estimate of drug-likeness (QED) is 0.0320. The van der Waals surface area contributed by atoms with Crippen molar-refractivity contribution in [1.82, 2.24) is 5.32 Å². The summed E-state index contributed by atoms with van der Waals surface area (Å²) >= 11 is 0. The van der Waals surface area contributed by atoms with E-state index in [0.717, 1.165) is 51.4 Å². The van der Waals surface area contributed by atoms with Crippen LogP contribution in [0.15, 0.2) is 36.5 Å². The molecule has 0 aliphatic carbocycles. The Morgan fingerprint density at radius 1 is 0.318 bits per heavy atom. The van der Waals surface area contributed by atoms with E-state index in [1.165, 1.54) is 366 Å². The number of aliphatic hydroxyl groups excluding tert-OH is 2. The van der Waals surface area contributed by atoms with E-state index in [2.05, 4.69) is 55.6 Å². The van der Waals surface area contributed by atoms with E-state index in [1.54, 1.807) is 0 Å². The van der Waals surface area contributed by atoms with Crippen molar-refractivity contribution in [3.63, 3.8) is 0 Å². The molecule has 2 atom stereocenters. The molecule has 0 aliphatic rings. The summed E-state index contributed by atoms with van der Waals surface area (Å²) in [5, 5.41) is 23.4. The van der Waals surface area contributed by atoms with E-state index in [4.69, 9.17) is 4.74 Å². The van der Waals surface area contributed by atoms with Crippen molar-refractivity contribution in [3.05, 3.63) is 36.5 Å². The molecule has 0 bridgehead atoms. The molecule has 520 valence electrons. The molecule has 0 rings (SSSR count). The van der Waals surface area contributed by atoms with Crippen molar-refractivity contribution in [2.24, 2.45) is 0 Å². The highest BCUT2D eigenvalue weighted by Crippen LogP contribution is 2.20. The Bertz CT molecular complexity index is 1430. The van der Waals surface area contributed by atoms with Gasteiger partial charge in [0.1, 0.15) is 0 Å². The Kier molecular flexibility index (Phi) is 75.8. The third-order valence-electron chi connectivity index (χ3n) is 18.9. The van der Waals surface area contributed by atoms with Crippen molar-refractivity contribution in [2.75, 3.05) is 13.2 Å². The average molecular weight is 1240 g/mol. The molecule has 0 saturated heterocycles. The fourth-order valence-electron chi connectivity index (χ4n) is 12.8. The number of hydrogen-bond donors (Lipinski definition) is 3. The molecule has 0 fully saturated rings. The highest BCUT2D eigenvalue weighted by atomic mass is 16.5. The Hall–Kier alpha value is -1.92. The Labute approximate surface area is 551 Å². The van der Waals surface area contributed by atoms with Gasteiger partial charge in [0.2, 0.25) is 5.91 Å². The van der Waals surface area contributed by atoms with Crippen molar-refractivity contribution >= 4 is 11.9 Å². The van der Waals surface area contributed by atoms with Gasteiger partial charge in [-0.1, -0.05) is 391 Å². The lowest BCUT2D eigenvalue weighted by Crippen LogP contribution is -2.45.